The molecule has 230 valence electrons. The summed E-state index contributed by atoms with van der Waals surface area (Å²) in [7, 11) is 0. The van der Waals surface area contributed by atoms with Crippen LogP contribution >= 0.6 is 11.3 Å². The molecule has 0 spiro atoms. The summed E-state index contributed by atoms with van der Waals surface area (Å²) in [6.45, 7) is 9.47. The number of benzene rings is 7. The van der Waals surface area contributed by atoms with Crippen molar-refractivity contribution in [3.63, 3.8) is 0 Å². The highest BCUT2D eigenvalue weighted by Crippen LogP contribution is 2.54. The molecule has 1 heterocycles. The first kappa shape index (κ1) is 27.9. The molecule has 0 amide bonds. The standard InChI is InChI=1S/C46H35NS/c1-45(2)39-19-11-8-14-31(39)36-25-28(22-24-40(36)45)47(29-21-23-32-30-13-7-10-18-38(30)46(3,4)41(32)26-29)42-27-37-34-16-9-12-20-43(34)48-44(37)35-17-6-5-15-33(35)42/h5-27H,1-4H3. The van der Waals surface area contributed by atoms with Crippen molar-refractivity contribution in [1.29, 1.82) is 0 Å². The Morgan fingerprint density at radius 3 is 1.73 bits per heavy atom. The van der Waals surface area contributed by atoms with Gasteiger partial charge in [0.15, 0.2) is 0 Å². The Balaban J connectivity index is 1.28. The van der Waals surface area contributed by atoms with Crippen molar-refractivity contribution < 1.29 is 0 Å². The maximum atomic E-state index is 2.53. The lowest BCUT2D eigenvalue weighted by Crippen LogP contribution is -2.17. The molecule has 1 nitrogen and oxygen atoms in total. The second kappa shape index (κ2) is 9.69. The lowest BCUT2D eigenvalue weighted by atomic mass is 9.82. The van der Waals surface area contributed by atoms with Crippen LogP contribution in [0.25, 0.3) is 53.2 Å². The van der Waals surface area contributed by atoms with Crippen LogP contribution < -0.4 is 4.90 Å². The van der Waals surface area contributed by atoms with Gasteiger partial charge in [0, 0.05) is 53.1 Å². The summed E-state index contributed by atoms with van der Waals surface area (Å²) in [5.41, 5.74) is 14.4. The van der Waals surface area contributed by atoms with Gasteiger partial charge in [-0.25, -0.2) is 0 Å². The lowest BCUT2D eigenvalue weighted by Gasteiger charge is -2.30. The van der Waals surface area contributed by atoms with Gasteiger partial charge >= 0.3 is 0 Å². The molecule has 0 bridgehead atoms. The van der Waals surface area contributed by atoms with Crippen molar-refractivity contribution in [3.05, 3.63) is 162 Å². The Labute approximate surface area is 285 Å². The summed E-state index contributed by atoms with van der Waals surface area (Å²) < 4.78 is 2.68. The van der Waals surface area contributed by atoms with E-state index in [-0.39, 0.29) is 10.8 Å². The first-order valence-electron chi connectivity index (χ1n) is 16.9. The summed E-state index contributed by atoms with van der Waals surface area (Å²) in [6, 6.07) is 52.5. The van der Waals surface area contributed by atoms with E-state index >= 15 is 0 Å². The van der Waals surface area contributed by atoms with Gasteiger partial charge in [0.25, 0.3) is 0 Å². The molecular weight excluding hydrogens is 599 g/mol. The minimum atomic E-state index is -0.0932. The molecule has 0 radical (unpaired) electrons. The topological polar surface area (TPSA) is 3.24 Å². The first-order valence-corrected chi connectivity index (χ1v) is 17.8. The Morgan fingerprint density at radius 1 is 0.417 bits per heavy atom. The van der Waals surface area contributed by atoms with Crippen LogP contribution in [0.1, 0.15) is 49.9 Å². The van der Waals surface area contributed by atoms with Crippen molar-refractivity contribution in [3.8, 4) is 22.3 Å². The zero-order chi connectivity index (χ0) is 32.4. The van der Waals surface area contributed by atoms with E-state index in [2.05, 4.69) is 172 Å². The maximum Gasteiger partial charge on any atom is 0.0547 e. The van der Waals surface area contributed by atoms with Crippen molar-refractivity contribution in [2.45, 2.75) is 38.5 Å². The Morgan fingerprint density at radius 2 is 0.958 bits per heavy atom. The zero-order valence-corrected chi connectivity index (χ0v) is 28.5. The summed E-state index contributed by atoms with van der Waals surface area (Å²) in [5.74, 6) is 0. The van der Waals surface area contributed by atoms with Crippen molar-refractivity contribution in [1.82, 2.24) is 0 Å². The Bertz CT molecular complexity index is 2630. The number of fused-ring (bicyclic) bond motifs is 11. The van der Waals surface area contributed by atoms with E-state index in [4.69, 9.17) is 0 Å². The van der Waals surface area contributed by atoms with Crippen LogP contribution in [0.15, 0.2) is 140 Å². The van der Waals surface area contributed by atoms with E-state index in [0.717, 1.165) is 0 Å². The van der Waals surface area contributed by atoms with E-state index in [0.29, 0.717) is 0 Å². The number of anilines is 3. The molecule has 2 heteroatoms. The average molecular weight is 634 g/mol. The Hall–Kier alpha value is -5.18. The average Bonchev–Trinajstić information content (AvgIpc) is 3.68. The van der Waals surface area contributed by atoms with Crippen LogP contribution in [0.5, 0.6) is 0 Å². The van der Waals surface area contributed by atoms with Crippen LogP contribution in [0, 0.1) is 0 Å². The van der Waals surface area contributed by atoms with Gasteiger partial charge in [-0.3, -0.25) is 0 Å². The minimum absolute atomic E-state index is 0.0418. The number of hydrogen-bond donors (Lipinski definition) is 0. The van der Waals surface area contributed by atoms with Crippen molar-refractivity contribution >= 4 is 59.3 Å². The second-order valence-corrected chi connectivity index (χ2v) is 15.6. The fourth-order valence-electron chi connectivity index (χ4n) is 8.82. The summed E-state index contributed by atoms with van der Waals surface area (Å²) in [5, 5.41) is 5.20. The minimum Gasteiger partial charge on any atom is -0.310 e. The van der Waals surface area contributed by atoms with Gasteiger partial charge < -0.3 is 4.90 Å². The fourth-order valence-corrected chi connectivity index (χ4v) is 10.0. The van der Waals surface area contributed by atoms with Crippen LogP contribution in [-0.4, -0.2) is 0 Å². The van der Waals surface area contributed by atoms with E-state index in [1.807, 2.05) is 11.3 Å². The molecule has 2 aliphatic carbocycles. The van der Waals surface area contributed by atoms with Gasteiger partial charge in [-0.05, 0) is 80.9 Å². The van der Waals surface area contributed by atoms with E-state index < -0.39 is 0 Å². The number of rotatable bonds is 3. The molecule has 7 aromatic carbocycles. The predicted octanol–water partition coefficient (Wildman–Crippen LogP) is 13.3. The SMILES string of the molecule is CC1(C)c2ccccc2-c2cc(N(c3ccc4c(c3)C(C)(C)c3ccccc3-4)c3cc4c5ccccc5sc4c4ccccc34)ccc21. The largest absolute Gasteiger partial charge is 0.310 e. The molecule has 8 aromatic rings. The molecule has 1 aromatic heterocycles. The molecule has 0 N–H and O–H groups in total. The molecule has 2 aliphatic rings. The third-order valence-electron chi connectivity index (χ3n) is 11.3. The lowest BCUT2D eigenvalue weighted by molar-refractivity contribution is 0.660. The third kappa shape index (κ3) is 3.67. The van der Waals surface area contributed by atoms with Crippen LogP contribution in [-0.2, 0) is 10.8 Å². The molecular formula is C46H35NS. The maximum absolute atomic E-state index is 2.53. The first-order chi connectivity index (χ1) is 23.3. The second-order valence-electron chi connectivity index (χ2n) is 14.6. The molecule has 10 rings (SSSR count). The molecule has 0 saturated carbocycles. The highest BCUT2D eigenvalue weighted by molar-refractivity contribution is 7.26. The van der Waals surface area contributed by atoms with E-state index in [1.165, 1.54) is 92.5 Å². The fraction of sp³-hybridized carbons (Fsp3) is 0.130. The van der Waals surface area contributed by atoms with Gasteiger partial charge in [-0.1, -0.05) is 131 Å². The van der Waals surface area contributed by atoms with E-state index in [1.54, 1.807) is 0 Å². The molecule has 0 saturated heterocycles. The Kier molecular flexibility index (Phi) is 5.63. The molecule has 0 unspecified atom stereocenters. The number of thiophene rings is 1. The van der Waals surface area contributed by atoms with Gasteiger partial charge in [0.1, 0.15) is 0 Å². The highest BCUT2D eigenvalue weighted by atomic mass is 32.1. The quantitative estimate of drug-likeness (QED) is 0.187. The van der Waals surface area contributed by atoms with Crippen LogP contribution in [0.4, 0.5) is 17.1 Å². The van der Waals surface area contributed by atoms with Crippen LogP contribution in [0.3, 0.4) is 0 Å². The highest BCUT2D eigenvalue weighted by Gasteiger charge is 2.37. The van der Waals surface area contributed by atoms with Crippen molar-refractivity contribution in [2.75, 3.05) is 4.90 Å². The van der Waals surface area contributed by atoms with Gasteiger partial charge in [-0.15, -0.1) is 11.3 Å². The summed E-state index contributed by atoms with van der Waals surface area (Å²) in [4.78, 5) is 2.53. The van der Waals surface area contributed by atoms with Crippen LogP contribution in [0.2, 0.25) is 0 Å². The zero-order valence-electron chi connectivity index (χ0n) is 27.6. The monoisotopic (exact) mass is 633 g/mol. The van der Waals surface area contributed by atoms with Gasteiger partial charge in [0.2, 0.25) is 0 Å². The number of nitrogens with zero attached hydrogens (tertiary/aromatic N) is 1. The third-order valence-corrected chi connectivity index (χ3v) is 12.5. The van der Waals surface area contributed by atoms with E-state index in [9.17, 15) is 0 Å². The summed E-state index contributed by atoms with van der Waals surface area (Å²) in [6.07, 6.45) is 0. The smallest absolute Gasteiger partial charge is 0.0547 e. The molecule has 0 atom stereocenters. The molecule has 0 fully saturated rings. The molecule has 0 aliphatic heterocycles. The normalized spacial score (nSPS) is 15.0. The predicted molar refractivity (Wildman–Crippen MR) is 207 cm³/mol. The van der Waals surface area contributed by atoms with Gasteiger partial charge in [0.05, 0.1) is 5.69 Å². The molecule has 48 heavy (non-hydrogen) atoms. The number of hydrogen-bond acceptors (Lipinski definition) is 2. The summed E-state index contributed by atoms with van der Waals surface area (Å²) >= 11 is 1.90. The van der Waals surface area contributed by atoms with Gasteiger partial charge in [-0.2, -0.15) is 0 Å². The van der Waals surface area contributed by atoms with Crippen molar-refractivity contribution in [2.24, 2.45) is 0 Å².